The fourth-order valence-corrected chi connectivity index (χ4v) is 2.02. The predicted octanol–water partition coefficient (Wildman–Crippen LogP) is 0.964. The van der Waals surface area contributed by atoms with Gasteiger partial charge in [0.2, 0.25) is 0 Å². The van der Waals surface area contributed by atoms with Crippen LogP contribution in [-0.4, -0.2) is 42.4 Å². The van der Waals surface area contributed by atoms with E-state index in [0.717, 1.165) is 13.0 Å². The molecule has 6 nitrogen and oxygen atoms in total. The van der Waals surface area contributed by atoms with Crippen LogP contribution in [0, 0.1) is 5.92 Å². The molecular weight excluding hydrogens is 236 g/mol. The maximum Gasteiger partial charge on any atom is 0.326 e. The number of carbonyl (C=O) groups is 2. The molecular formula is C12H22N2O4. The van der Waals surface area contributed by atoms with E-state index in [1.807, 2.05) is 13.8 Å². The Morgan fingerprint density at radius 3 is 2.67 bits per heavy atom. The van der Waals surface area contributed by atoms with E-state index in [4.69, 9.17) is 9.84 Å². The average Bonchev–Trinajstić information content (AvgIpc) is 2.81. The molecule has 2 amide bonds. The molecule has 1 heterocycles. The van der Waals surface area contributed by atoms with Crippen molar-refractivity contribution in [3.63, 3.8) is 0 Å². The Morgan fingerprint density at radius 2 is 2.17 bits per heavy atom. The van der Waals surface area contributed by atoms with Crippen molar-refractivity contribution >= 4 is 12.0 Å². The van der Waals surface area contributed by atoms with Gasteiger partial charge in [0.15, 0.2) is 0 Å². The summed E-state index contributed by atoms with van der Waals surface area (Å²) < 4.78 is 5.25. The molecule has 1 saturated heterocycles. The Morgan fingerprint density at radius 1 is 1.44 bits per heavy atom. The zero-order valence-electron chi connectivity index (χ0n) is 10.9. The molecule has 0 aromatic carbocycles. The lowest BCUT2D eigenvalue weighted by atomic mass is 10.0. The van der Waals surface area contributed by atoms with Crippen LogP contribution in [0.25, 0.3) is 0 Å². The number of hydrogen-bond acceptors (Lipinski definition) is 3. The summed E-state index contributed by atoms with van der Waals surface area (Å²) in [7, 11) is 0. The van der Waals surface area contributed by atoms with E-state index < -0.39 is 18.0 Å². The van der Waals surface area contributed by atoms with Crippen LogP contribution in [0.1, 0.15) is 33.1 Å². The third kappa shape index (κ3) is 4.52. The van der Waals surface area contributed by atoms with Gasteiger partial charge in [0.25, 0.3) is 0 Å². The number of rotatable bonds is 6. The van der Waals surface area contributed by atoms with E-state index in [9.17, 15) is 9.59 Å². The van der Waals surface area contributed by atoms with Gasteiger partial charge in [0, 0.05) is 18.6 Å². The molecule has 6 heteroatoms. The third-order valence-corrected chi connectivity index (χ3v) is 3.21. The summed E-state index contributed by atoms with van der Waals surface area (Å²) in [6, 6.07) is -1.25. The molecule has 0 spiro atoms. The Labute approximate surface area is 107 Å². The van der Waals surface area contributed by atoms with Gasteiger partial charge in [-0.15, -0.1) is 0 Å². The number of hydrogen-bond donors (Lipinski definition) is 3. The Hall–Kier alpha value is -1.30. The van der Waals surface area contributed by atoms with Gasteiger partial charge in [0.05, 0.1) is 6.61 Å². The first-order valence-corrected chi connectivity index (χ1v) is 6.42. The molecule has 18 heavy (non-hydrogen) atoms. The fraction of sp³-hybridized carbons (Fsp3) is 0.833. The van der Waals surface area contributed by atoms with Crippen LogP contribution in [0.2, 0.25) is 0 Å². The van der Waals surface area contributed by atoms with Gasteiger partial charge in [0.1, 0.15) is 6.04 Å². The molecule has 1 rings (SSSR count). The molecule has 0 saturated carbocycles. The normalized spacial score (nSPS) is 22.2. The standard InChI is InChI=1S/C12H22N2O4/c1-3-4-10(11(15)16)14-12(17)13-8(2)9-5-6-18-7-9/h8-10H,3-7H2,1-2H3,(H,15,16)(H2,13,14,17)/t8?,9?,10-/m0/s1. The van der Waals surface area contributed by atoms with Gasteiger partial charge < -0.3 is 20.5 Å². The second-order valence-corrected chi connectivity index (χ2v) is 4.71. The molecule has 0 radical (unpaired) electrons. The van der Waals surface area contributed by atoms with E-state index >= 15 is 0 Å². The van der Waals surface area contributed by atoms with Crippen molar-refractivity contribution in [1.82, 2.24) is 10.6 Å². The molecule has 0 aromatic heterocycles. The molecule has 1 aliphatic heterocycles. The minimum Gasteiger partial charge on any atom is -0.480 e. The third-order valence-electron chi connectivity index (χ3n) is 3.21. The highest BCUT2D eigenvalue weighted by Crippen LogP contribution is 2.16. The molecule has 0 aromatic rings. The summed E-state index contributed by atoms with van der Waals surface area (Å²) in [4.78, 5) is 22.6. The number of carbonyl (C=O) groups excluding carboxylic acids is 1. The largest absolute Gasteiger partial charge is 0.480 e. The maximum atomic E-state index is 11.7. The lowest BCUT2D eigenvalue weighted by molar-refractivity contribution is -0.139. The molecule has 0 aliphatic carbocycles. The Balaban J connectivity index is 2.36. The number of carboxylic acid groups (broad SMARTS) is 1. The predicted molar refractivity (Wildman–Crippen MR) is 66.4 cm³/mol. The van der Waals surface area contributed by atoms with Crippen molar-refractivity contribution in [1.29, 1.82) is 0 Å². The lowest BCUT2D eigenvalue weighted by Crippen LogP contribution is -2.50. The van der Waals surface area contributed by atoms with Gasteiger partial charge in [-0.3, -0.25) is 0 Å². The van der Waals surface area contributed by atoms with Gasteiger partial charge in [-0.25, -0.2) is 9.59 Å². The number of amides is 2. The summed E-state index contributed by atoms with van der Waals surface area (Å²) in [5.41, 5.74) is 0. The quantitative estimate of drug-likeness (QED) is 0.662. The Kier molecular flexibility index (Phi) is 5.91. The van der Waals surface area contributed by atoms with E-state index in [1.54, 1.807) is 0 Å². The number of urea groups is 1. The topological polar surface area (TPSA) is 87.7 Å². The molecule has 3 N–H and O–H groups in total. The van der Waals surface area contributed by atoms with Crippen LogP contribution < -0.4 is 10.6 Å². The van der Waals surface area contributed by atoms with Crippen LogP contribution >= 0.6 is 0 Å². The van der Waals surface area contributed by atoms with Crippen LogP contribution in [0.5, 0.6) is 0 Å². The smallest absolute Gasteiger partial charge is 0.326 e. The first kappa shape index (κ1) is 14.8. The van der Waals surface area contributed by atoms with Gasteiger partial charge in [-0.1, -0.05) is 13.3 Å². The van der Waals surface area contributed by atoms with Crippen molar-refractivity contribution in [2.45, 2.75) is 45.2 Å². The minimum absolute atomic E-state index is 0.0106. The monoisotopic (exact) mass is 258 g/mol. The highest BCUT2D eigenvalue weighted by molar-refractivity contribution is 5.82. The molecule has 2 unspecified atom stereocenters. The van der Waals surface area contributed by atoms with Crippen molar-refractivity contribution in [2.24, 2.45) is 5.92 Å². The molecule has 104 valence electrons. The van der Waals surface area contributed by atoms with E-state index in [-0.39, 0.29) is 6.04 Å². The van der Waals surface area contributed by atoms with Crippen LogP contribution in [0.15, 0.2) is 0 Å². The number of carboxylic acids is 1. The summed E-state index contributed by atoms with van der Waals surface area (Å²) in [6.07, 6.45) is 2.08. The highest BCUT2D eigenvalue weighted by Gasteiger charge is 2.25. The van der Waals surface area contributed by atoms with E-state index in [0.29, 0.717) is 25.4 Å². The zero-order valence-corrected chi connectivity index (χ0v) is 10.9. The second-order valence-electron chi connectivity index (χ2n) is 4.71. The van der Waals surface area contributed by atoms with E-state index in [2.05, 4.69) is 10.6 Å². The average molecular weight is 258 g/mol. The summed E-state index contributed by atoms with van der Waals surface area (Å²) >= 11 is 0. The van der Waals surface area contributed by atoms with Gasteiger partial charge >= 0.3 is 12.0 Å². The lowest BCUT2D eigenvalue weighted by Gasteiger charge is -2.21. The van der Waals surface area contributed by atoms with Crippen molar-refractivity contribution in [3.05, 3.63) is 0 Å². The van der Waals surface area contributed by atoms with Crippen molar-refractivity contribution in [2.75, 3.05) is 13.2 Å². The first-order valence-electron chi connectivity index (χ1n) is 6.42. The van der Waals surface area contributed by atoms with Gasteiger partial charge in [-0.2, -0.15) is 0 Å². The van der Waals surface area contributed by atoms with E-state index in [1.165, 1.54) is 0 Å². The number of aliphatic carboxylic acids is 1. The summed E-state index contributed by atoms with van der Waals surface area (Å²) in [6.45, 7) is 5.17. The zero-order chi connectivity index (χ0) is 13.5. The molecule has 3 atom stereocenters. The first-order chi connectivity index (χ1) is 8.54. The second kappa shape index (κ2) is 7.20. The van der Waals surface area contributed by atoms with Gasteiger partial charge in [-0.05, 0) is 19.8 Å². The van der Waals surface area contributed by atoms with Crippen LogP contribution in [0.3, 0.4) is 0 Å². The van der Waals surface area contributed by atoms with Crippen molar-refractivity contribution in [3.8, 4) is 0 Å². The summed E-state index contributed by atoms with van der Waals surface area (Å²) in [5.74, 6) is -0.686. The fourth-order valence-electron chi connectivity index (χ4n) is 2.02. The van der Waals surface area contributed by atoms with Crippen molar-refractivity contribution < 1.29 is 19.4 Å². The molecule has 0 bridgehead atoms. The number of nitrogens with one attached hydrogen (secondary N) is 2. The minimum atomic E-state index is -0.996. The SMILES string of the molecule is CCC[C@H](NC(=O)NC(C)C1CCOC1)C(=O)O. The highest BCUT2D eigenvalue weighted by atomic mass is 16.5. The summed E-state index contributed by atoms with van der Waals surface area (Å²) in [5, 5.41) is 14.2. The number of ether oxygens (including phenoxy) is 1. The molecule has 1 fully saturated rings. The van der Waals surface area contributed by atoms with Crippen LogP contribution in [-0.2, 0) is 9.53 Å². The maximum absolute atomic E-state index is 11.7. The molecule has 1 aliphatic rings. The van der Waals surface area contributed by atoms with Crippen LogP contribution in [0.4, 0.5) is 4.79 Å². The Bertz CT molecular complexity index is 290.